The molecule has 2 bridgehead atoms. The van der Waals surface area contributed by atoms with Gasteiger partial charge in [-0.1, -0.05) is 6.42 Å². The molecule has 2 saturated heterocycles. The van der Waals surface area contributed by atoms with Crippen molar-refractivity contribution < 1.29 is 13.9 Å². The molecule has 2 N–H and O–H groups in total. The van der Waals surface area contributed by atoms with Gasteiger partial charge in [-0.3, -0.25) is 4.90 Å². The zero-order valence-electron chi connectivity index (χ0n) is 15.7. The van der Waals surface area contributed by atoms with Crippen molar-refractivity contribution in [1.82, 2.24) is 10.2 Å². The Morgan fingerprint density at radius 1 is 1.19 bits per heavy atom. The fourth-order valence-electron chi connectivity index (χ4n) is 4.46. The molecule has 2 aliphatic heterocycles. The van der Waals surface area contributed by atoms with E-state index in [2.05, 4.69) is 15.5 Å². The van der Waals surface area contributed by atoms with Crippen LogP contribution in [0.4, 0.5) is 10.5 Å². The van der Waals surface area contributed by atoms with Gasteiger partial charge in [0.15, 0.2) is 0 Å². The summed E-state index contributed by atoms with van der Waals surface area (Å²) >= 11 is 0. The van der Waals surface area contributed by atoms with Crippen LogP contribution in [0.1, 0.15) is 37.9 Å². The summed E-state index contributed by atoms with van der Waals surface area (Å²) in [6.07, 6.45) is 7.38. The van der Waals surface area contributed by atoms with Crippen LogP contribution in [-0.2, 0) is 6.54 Å². The van der Waals surface area contributed by atoms with Crippen molar-refractivity contribution in [2.45, 2.75) is 56.8 Å². The van der Waals surface area contributed by atoms with Gasteiger partial charge in [-0.25, -0.2) is 4.79 Å². The summed E-state index contributed by atoms with van der Waals surface area (Å²) in [6.45, 7) is 0.868. The number of hydrogen-bond donors (Lipinski definition) is 2. The van der Waals surface area contributed by atoms with Crippen LogP contribution in [0.5, 0.6) is 5.75 Å². The molecule has 2 aliphatic rings. The Bertz CT molecular complexity index is 731. The van der Waals surface area contributed by atoms with Crippen molar-refractivity contribution in [2.24, 2.45) is 0 Å². The molecule has 2 aromatic rings. The Morgan fingerprint density at radius 2 is 1.93 bits per heavy atom. The average Bonchev–Trinajstić information content (AvgIpc) is 3.16. The normalized spacial score (nSPS) is 25.0. The first kappa shape index (κ1) is 17.9. The molecule has 3 heterocycles. The van der Waals surface area contributed by atoms with E-state index in [0.29, 0.717) is 12.1 Å². The number of ether oxygens (including phenoxy) is 1. The average molecular weight is 369 g/mol. The van der Waals surface area contributed by atoms with Gasteiger partial charge in [0.1, 0.15) is 11.5 Å². The maximum atomic E-state index is 12.4. The first-order valence-corrected chi connectivity index (χ1v) is 9.71. The molecule has 1 unspecified atom stereocenters. The number of nitrogens with zero attached hydrogens (tertiary/aromatic N) is 1. The van der Waals surface area contributed by atoms with Gasteiger partial charge in [-0.05, 0) is 62.1 Å². The monoisotopic (exact) mass is 369 g/mol. The lowest BCUT2D eigenvalue weighted by Crippen LogP contribution is -2.56. The van der Waals surface area contributed by atoms with Crippen LogP contribution in [0.3, 0.4) is 0 Å². The molecule has 0 aliphatic carbocycles. The van der Waals surface area contributed by atoms with E-state index in [1.807, 2.05) is 36.4 Å². The van der Waals surface area contributed by atoms with Gasteiger partial charge >= 0.3 is 6.03 Å². The van der Waals surface area contributed by atoms with Crippen LogP contribution in [0.25, 0.3) is 0 Å². The van der Waals surface area contributed by atoms with E-state index in [4.69, 9.17) is 9.15 Å². The molecule has 144 valence electrons. The highest BCUT2D eigenvalue weighted by atomic mass is 16.5. The van der Waals surface area contributed by atoms with Crippen LogP contribution < -0.4 is 15.4 Å². The second kappa shape index (κ2) is 8.05. The summed E-state index contributed by atoms with van der Waals surface area (Å²) in [5.41, 5.74) is 0.767. The van der Waals surface area contributed by atoms with Crippen molar-refractivity contribution in [3.63, 3.8) is 0 Å². The molecule has 4 rings (SSSR count). The van der Waals surface area contributed by atoms with Gasteiger partial charge in [0.2, 0.25) is 0 Å². The Labute approximate surface area is 159 Å². The fourth-order valence-corrected chi connectivity index (χ4v) is 4.46. The van der Waals surface area contributed by atoms with E-state index in [0.717, 1.165) is 36.6 Å². The first-order valence-electron chi connectivity index (χ1n) is 9.71. The predicted octanol–water partition coefficient (Wildman–Crippen LogP) is 4.00. The van der Waals surface area contributed by atoms with E-state index in [9.17, 15) is 4.79 Å². The number of furan rings is 1. The second-order valence-electron chi connectivity index (χ2n) is 7.49. The number of anilines is 1. The summed E-state index contributed by atoms with van der Waals surface area (Å²) in [4.78, 5) is 15.0. The number of fused-ring (bicyclic) bond motifs is 2. The predicted molar refractivity (Wildman–Crippen MR) is 104 cm³/mol. The molecule has 0 radical (unpaired) electrons. The third-order valence-corrected chi connectivity index (χ3v) is 5.73. The highest BCUT2D eigenvalue weighted by Gasteiger charge is 2.38. The van der Waals surface area contributed by atoms with Crippen LogP contribution in [0.15, 0.2) is 47.1 Å². The number of piperidine rings is 2. The Morgan fingerprint density at radius 3 is 2.56 bits per heavy atom. The largest absolute Gasteiger partial charge is 0.497 e. The van der Waals surface area contributed by atoms with Gasteiger partial charge in [-0.2, -0.15) is 0 Å². The number of urea groups is 1. The molecule has 6 nitrogen and oxygen atoms in total. The summed E-state index contributed by atoms with van der Waals surface area (Å²) in [5.74, 6) is 1.80. The van der Waals surface area contributed by atoms with Crippen molar-refractivity contribution in [2.75, 3.05) is 12.4 Å². The van der Waals surface area contributed by atoms with Crippen LogP contribution in [0, 0.1) is 0 Å². The summed E-state index contributed by atoms with van der Waals surface area (Å²) in [6, 6.07) is 12.5. The molecule has 27 heavy (non-hydrogen) atoms. The Kier molecular flexibility index (Phi) is 5.34. The highest BCUT2D eigenvalue weighted by molar-refractivity contribution is 5.89. The first-order chi connectivity index (χ1) is 13.2. The van der Waals surface area contributed by atoms with Crippen LogP contribution in [-0.4, -0.2) is 36.2 Å². The second-order valence-corrected chi connectivity index (χ2v) is 7.49. The van der Waals surface area contributed by atoms with Gasteiger partial charge in [0, 0.05) is 23.8 Å². The zero-order chi connectivity index (χ0) is 18.6. The Hall–Kier alpha value is -2.47. The van der Waals surface area contributed by atoms with E-state index >= 15 is 0 Å². The molecular formula is C21H27N3O3. The number of rotatable bonds is 5. The van der Waals surface area contributed by atoms with Crippen molar-refractivity contribution in [1.29, 1.82) is 0 Å². The molecule has 3 atom stereocenters. The van der Waals surface area contributed by atoms with E-state index in [1.165, 1.54) is 19.3 Å². The van der Waals surface area contributed by atoms with E-state index < -0.39 is 0 Å². The Balaban J connectivity index is 1.33. The van der Waals surface area contributed by atoms with E-state index in [-0.39, 0.29) is 12.1 Å². The zero-order valence-corrected chi connectivity index (χ0v) is 15.7. The fraction of sp³-hybridized carbons (Fsp3) is 0.476. The van der Waals surface area contributed by atoms with Gasteiger partial charge in [0.05, 0.1) is 19.9 Å². The third kappa shape index (κ3) is 4.27. The molecule has 1 aromatic heterocycles. The molecule has 2 amide bonds. The van der Waals surface area contributed by atoms with Gasteiger partial charge in [-0.15, -0.1) is 0 Å². The highest BCUT2D eigenvalue weighted by Crippen LogP contribution is 2.35. The van der Waals surface area contributed by atoms with Crippen molar-refractivity contribution in [3.8, 4) is 5.75 Å². The molecule has 2 fully saturated rings. The lowest BCUT2D eigenvalue weighted by Gasteiger charge is -2.48. The van der Waals surface area contributed by atoms with Crippen LogP contribution >= 0.6 is 0 Å². The minimum atomic E-state index is -0.136. The molecular weight excluding hydrogens is 342 g/mol. The number of carbonyl (C=O) groups is 1. The van der Waals surface area contributed by atoms with Gasteiger partial charge < -0.3 is 19.8 Å². The maximum absolute atomic E-state index is 12.4. The smallest absolute Gasteiger partial charge is 0.319 e. The molecule has 0 saturated carbocycles. The van der Waals surface area contributed by atoms with E-state index in [1.54, 1.807) is 13.4 Å². The maximum Gasteiger partial charge on any atom is 0.319 e. The third-order valence-electron chi connectivity index (χ3n) is 5.73. The topological polar surface area (TPSA) is 66.7 Å². The number of carbonyl (C=O) groups excluding carboxylic acids is 1. The summed E-state index contributed by atoms with van der Waals surface area (Å²) in [5, 5.41) is 6.09. The SMILES string of the molecule is COc1ccc(NC(=O)NC2C[C@H]3CCC[C@@H](C2)N3Cc2ccco2)cc1. The summed E-state index contributed by atoms with van der Waals surface area (Å²) < 4.78 is 10.7. The molecule has 1 aromatic carbocycles. The van der Waals surface area contributed by atoms with Crippen molar-refractivity contribution in [3.05, 3.63) is 48.4 Å². The lowest BCUT2D eigenvalue weighted by atomic mass is 9.81. The number of hydrogen-bond acceptors (Lipinski definition) is 4. The van der Waals surface area contributed by atoms with Crippen molar-refractivity contribution >= 4 is 11.7 Å². The molecule has 0 spiro atoms. The molecule has 6 heteroatoms. The number of nitrogens with one attached hydrogen (secondary N) is 2. The number of benzene rings is 1. The standard InChI is InChI=1S/C21H27N3O3/c1-26-19-9-7-15(8-10-19)22-21(25)23-16-12-17-4-2-5-18(13-16)24(17)14-20-6-3-11-27-20/h3,6-11,16-18H,2,4-5,12-14H2,1H3,(H2,22,23,25)/t16?,17-,18+. The van der Waals surface area contributed by atoms with Gasteiger partial charge in [0.25, 0.3) is 0 Å². The minimum Gasteiger partial charge on any atom is -0.497 e. The number of methoxy groups -OCH3 is 1. The lowest BCUT2D eigenvalue weighted by molar-refractivity contribution is 0.0150. The minimum absolute atomic E-state index is 0.136. The quantitative estimate of drug-likeness (QED) is 0.836. The number of amides is 2. The summed E-state index contributed by atoms with van der Waals surface area (Å²) in [7, 11) is 1.63. The van der Waals surface area contributed by atoms with Crippen LogP contribution in [0.2, 0.25) is 0 Å².